The highest BCUT2D eigenvalue weighted by Crippen LogP contribution is 2.28. The minimum Gasteiger partial charge on any atom is -0.493 e. The van der Waals surface area contributed by atoms with E-state index in [1.807, 2.05) is 0 Å². The molecule has 0 aromatic heterocycles. The van der Waals surface area contributed by atoms with Crippen molar-refractivity contribution in [2.75, 3.05) is 6.61 Å². The SMILES string of the molecule is CCOc1cc(C)c([N+](=O)[O-])cc1C(C)=O. The van der Waals surface area contributed by atoms with Gasteiger partial charge in [0.1, 0.15) is 5.75 Å². The molecule has 0 bridgehead atoms. The van der Waals surface area contributed by atoms with Crippen LogP contribution in [0.2, 0.25) is 0 Å². The first-order valence-corrected chi connectivity index (χ1v) is 4.90. The van der Waals surface area contributed by atoms with Crippen molar-refractivity contribution in [3.8, 4) is 5.75 Å². The number of hydrogen-bond donors (Lipinski definition) is 0. The average molecular weight is 223 g/mol. The maximum atomic E-state index is 11.3. The highest BCUT2D eigenvalue weighted by Gasteiger charge is 2.18. The topological polar surface area (TPSA) is 69.4 Å². The number of benzene rings is 1. The number of nitro benzene ring substituents is 1. The van der Waals surface area contributed by atoms with Crippen LogP contribution in [-0.2, 0) is 0 Å². The van der Waals surface area contributed by atoms with Crippen molar-refractivity contribution in [2.24, 2.45) is 0 Å². The Morgan fingerprint density at radius 2 is 2.12 bits per heavy atom. The summed E-state index contributed by atoms with van der Waals surface area (Å²) in [4.78, 5) is 21.5. The summed E-state index contributed by atoms with van der Waals surface area (Å²) in [5.41, 5.74) is 0.672. The second kappa shape index (κ2) is 4.74. The minimum atomic E-state index is -0.502. The van der Waals surface area contributed by atoms with Gasteiger partial charge in [-0.2, -0.15) is 0 Å². The summed E-state index contributed by atoms with van der Waals surface area (Å²) in [6.45, 7) is 5.18. The van der Waals surface area contributed by atoms with Gasteiger partial charge < -0.3 is 4.74 Å². The minimum absolute atomic E-state index is 0.0614. The molecule has 0 saturated carbocycles. The molecule has 5 nitrogen and oxygen atoms in total. The maximum absolute atomic E-state index is 11.3. The predicted molar refractivity (Wildman–Crippen MR) is 59.0 cm³/mol. The smallest absolute Gasteiger partial charge is 0.273 e. The maximum Gasteiger partial charge on any atom is 0.273 e. The standard InChI is InChI=1S/C11H13NO4/c1-4-16-11-5-7(2)10(12(14)15)6-9(11)8(3)13/h5-6H,4H2,1-3H3. The van der Waals surface area contributed by atoms with Crippen LogP contribution in [0.5, 0.6) is 5.75 Å². The third kappa shape index (κ3) is 2.36. The lowest BCUT2D eigenvalue weighted by Crippen LogP contribution is -2.03. The summed E-state index contributed by atoms with van der Waals surface area (Å²) in [5, 5.41) is 10.7. The van der Waals surface area contributed by atoms with Crippen molar-refractivity contribution in [3.05, 3.63) is 33.4 Å². The highest BCUT2D eigenvalue weighted by atomic mass is 16.6. The number of ether oxygens (including phenoxy) is 1. The number of carbonyl (C=O) groups is 1. The van der Waals surface area contributed by atoms with Gasteiger partial charge in [0.05, 0.1) is 17.1 Å². The van der Waals surface area contributed by atoms with Crippen LogP contribution in [-0.4, -0.2) is 17.3 Å². The third-order valence-electron chi connectivity index (χ3n) is 2.17. The Morgan fingerprint density at radius 1 is 1.50 bits per heavy atom. The molecular weight excluding hydrogens is 210 g/mol. The third-order valence-corrected chi connectivity index (χ3v) is 2.17. The highest BCUT2D eigenvalue weighted by molar-refractivity contribution is 5.97. The Kier molecular flexibility index (Phi) is 3.60. The molecule has 0 spiro atoms. The van der Waals surface area contributed by atoms with E-state index in [0.717, 1.165) is 0 Å². The first-order chi connectivity index (χ1) is 7.47. The summed E-state index contributed by atoms with van der Waals surface area (Å²) >= 11 is 0. The van der Waals surface area contributed by atoms with Crippen LogP contribution >= 0.6 is 0 Å². The van der Waals surface area contributed by atoms with Gasteiger partial charge in [-0.3, -0.25) is 14.9 Å². The van der Waals surface area contributed by atoms with E-state index in [-0.39, 0.29) is 17.0 Å². The van der Waals surface area contributed by atoms with Gasteiger partial charge in [0.2, 0.25) is 0 Å². The lowest BCUT2D eigenvalue weighted by molar-refractivity contribution is -0.385. The number of nitrogens with zero attached hydrogens (tertiary/aromatic N) is 1. The summed E-state index contributed by atoms with van der Waals surface area (Å²) in [7, 11) is 0. The van der Waals surface area contributed by atoms with E-state index in [4.69, 9.17) is 4.74 Å². The molecule has 0 aliphatic heterocycles. The molecule has 0 radical (unpaired) electrons. The summed E-state index contributed by atoms with van der Waals surface area (Å²) in [6, 6.07) is 2.79. The van der Waals surface area contributed by atoms with Crippen LogP contribution < -0.4 is 4.74 Å². The molecule has 1 rings (SSSR count). The lowest BCUT2D eigenvalue weighted by atomic mass is 10.1. The number of ketones is 1. The molecular formula is C11H13NO4. The van der Waals surface area contributed by atoms with Crippen LogP contribution in [0.3, 0.4) is 0 Å². The van der Waals surface area contributed by atoms with E-state index in [1.54, 1.807) is 13.8 Å². The normalized spacial score (nSPS) is 9.94. The van der Waals surface area contributed by atoms with E-state index in [9.17, 15) is 14.9 Å². The fraction of sp³-hybridized carbons (Fsp3) is 0.364. The molecule has 1 aromatic rings. The largest absolute Gasteiger partial charge is 0.493 e. The van der Waals surface area contributed by atoms with Crippen molar-refractivity contribution in [1.82, 2.24) is 0 Å². The van der Waals surface area contributed by atoms with Gasteiger partial charge in [0.15, 0.2) is 5.78 Å². The van der Waals surface area contributed by atoms with Gasteiger partial charge in [-0.1, -0.05) is 0 Å². The van der Waals surface area contributed by atoms with Crippen molar-refractivity contribution in [3.63, 3.8) is 0 Å². The first-order valence-electron chi connectivity index (χ1n) is 4.90. The van der Waals surface area contributed by atoms with Crippen LogP contribution in [0.15, 0.2) is 12.1 Å². The average Bonchev–Trinajstić information content (AvgIpc) is 2.17. The monoisotopic (exact) mass is 223 g/mol. The van der Waals surface area contributed by atoms with E-state index in [2.05, 4.69) is 0 Å². The fourth-order valence-electron chi connectivity index (χ4n) is 1.42. The Balaban J connectivity index is 3.36. The zero-order valence-corrected chi connectivity index (χ0v) is 9.44. The summed E-state index contributed by atoms with van der Waals surface area (Å²) < 4.78 is 5.27. The van der Waals surface area contributed by atoms with Crippen molar-refractivity contribution in [1.29, 1.82) is 0 Å². The Labute approximate surface area is 93.2 Å². The first kappa shape index (κ1) is 12.2. The molecule has 0 heterocycles. The molecule has 0 saturated heterocycles. The molecule has 16 heavy (non-hydrogen) atoms. The molecule has 0 atom stereocenters. The van der Waals surface area contributed by atoms with Crippen LogP contribution in [0.4, 0.5) is 5.69 Å². The van der Waals surface area contributed by atoms with Crippen LogP contribution in [0.1, 0.15) is 29.8 Å². The van der Waals surface area contributed by atoms with Gasteiger partial charge >= 0.3 is 0 Å². The molecule has 0 amide bonds. The zero-order chi connectivity index (χ0) is 12.3. The van der Waals surface area contributed by atoms with E-state index < -0.39 is 4.92 Å². The van der Waals surface area contributed by atoms with Crippen molar-refractivity contribution in [2.45, 2.75) is 20.8 Å². The quantitative estimate of drug-likeness (QED) is 0.446. The lowest BCUT2D eigenvalue weighted by Gasteiger charge is -2.09. The predicted octanol–water partition coefficient (Wildman–Crippen LogP) is 2.50. The van der Waals surface area contributed by atoms with Gasteiger partial charge in [-0.15, -0.1) is 0 Å². The fourth-order valence-corrected chi connectivity index (χ4v) is 1.42. The van der Waals surface area contributed by atoms with Gasteiger partial charge in [-0.05, 0) is 26.8 Å². The molecule has 0 unspecified atom stereocenters. The molecule has 5 heteroatoms. The Bertz CT molecular complexity index is 440. The number of rotatable bonds is 4. The molecule has 0 aliphatic carbocycles. The number of nitro groups is 1. The van der Waals surface area contributed by atoms with E-state index in [0.29, 0.717) is 17.9 Å². The van der Waals surface area contributed by atoms with Crippen molar-refractivity contribution < 1.29 is 14.5 Å². The number of Topliss-reactive ketones (excluding diaryl/α,β-unsaturated/α-hetero) is 1. The molecule has 0 fully saturated rings. The Morgan fingerprint density at radius 3 is 2.56 bits per heavy atom. The van der Waals surface area contributed by atoms with Crippen LogP contribution in [0, 0.1) is 17.0 Å². The van der Waals surface area contributed by atoms with E-state index >= 15 is 0 Å². The summed E-state index contributed by atoms with van der Waals surface area (Å²) in [6.07, 6.45) is 0. The molecule has 1 aromatic carbocycles. The molecule has 86 valence electrons. The molecule has 0 aliphatic rings. The second-order valence-corrected chi connectivity index (χ2v) is 3.38. The zero-order valence-electron chi connectivity index (χ0n) is 9.44. The van der Waals surface area contributed by atoms with E-state index in [1.165, 1.54) is 19.1 Å². The summed E-state index contributed by atoms with van der Waals surface area (Å²) in [5.74, 6) is 0.157. The number of hydrogen-bond acceptors (Lipinski definition) is 4. The Hall–Kier alpha value is -1.91. The number of aryl methyl sites for hydroxylation is 1. The van der Waals surface area contributed by atoms with Gasteiger partial charge in [0.25, 0.3) is 5.69 Å². The molecule has 0 N–H and O–H groups in total. The van der Waals surface area contributed by atoms with Gasteiger partial charge in [-0.25, -0.2) is 0 Å². The van der Waals surface area contributed by atoms with Crippen LogP contribution in [0.25, 0.3) is 0 Å². The number of carbonyl (C=O) groups excluding carboxylic acids is 1. The second-order valence-electron chi connectivity index (χ2n) is 3.38. The van der Waals surface area contributed by atoms with Gasteiger partial charge in [0, 0.05) is 11.6 Å². The van der Waals surface area contributed by atoms with Crippen molar-refractivity contribution >= 4 is 11.5 Å².